The molecule has 1 aromatic carbocycles. The van der Waals surface area contributed by atoms with Gasteiger partial charge in [-0.2, -0.15) is 0 Å². The van der Waals surface area contributed by atoms with E-state index in [2.05, 4.69) is 13.8 Å². The van der Waals surface area contributed by atoms with Gasteiger partial charge < -0.3 is 9.84 Å². The van der Waals surface area contributed by atoms with Gasteiger partial charge in [0.05, 0.1) is 6.10 Å². The summed E-state index contributed by atoms with van der Waals surface area (Å²) in [5, 5.41) is 9.08. The summed E-state index contributed by atoms with van der Waals surface area (Å²) in [5.74, 6) is -0.941. The van der Waals surface area contributed by atoms with Crippen molar-refractivity contribution in [1.82, 2.24) is 0 Å². The van der Waals surface area contributed by atoms with E-state index in [1.807, 2.05) is 31.2 Å². The van der Waals surface area contributed by atoms with Gasteiger partial charge >= 0.3 is 5.97 Å². The van der Waals surface area contributed by atoms with Crippen LogP contribution in [0.25, 0.3) is 0 Å². The van der Waals surface area contributed by atoms with Crippen LogP contribution < -0.4 is 0 Å². The maximum Gasteiger partial charge on any atom is 0.329 e. The fourth-order valence-electron chi connectivity index (χ4n) is 1.38. The van der Waals surface area contributed by atoms with Crippen LogP contribution in [-0.2, 0) is 9.53 Å². The highest BCUT2D eigenvalue weighted by Gasteiger charge is 2.08. The summed E-state index contributed by atoms with van der Waals surface area (Å²) in [6.45, 7) is 5.89. The average molecular weight is 254 g/mol. The molecule has 0 bridgehead atoms. The van der Waals surface area contributed by atoms with E-state index in [4.69, 9.17) is 9.84 Å². The van der Waals surface area contributed by atoms with Crippen LogP contribution in [0.4, 0.5) is 0 Å². The van der Waals surface area contributed by atoms with Crippen LogP contribution in [0.15, 0.2) is 29.2 Å². The Kier molecular flexibility index (Phi) is 5.51. The van der Waals surface area contributed by atoms with Crippen LogP contribution in [0, 0.1) is 0 Å². The molecule has 4 heteroatoms. The summed E-state index contributed by atoms with van der Waals surface area (Å²) in [5.41, 5.74) is 0.999. The number of carboxylic acids is 1. The highest BCUT2D eigenvalue weighted by atomic mass is 32.2. The number of aliphatic carboxylic acids is 1. The molecule has 1 atom stereocenters. The van der Waals surface area contributed by atoms with Crippen LogP contribution in [0.5, 0.6) is 0 Å². The third-order valence-electron chi connectivity index (χ3n) is 2.18. The van der Waals surface area contributed by atoms with Crippen molar-refractivity contribution in [2.24, 2.45) is 0 Å². The molecule has 0 aromatic heterocycles. The second kappa shape index (κ2) is 6.67. The summed E-state index contributed by atoms with van der Waals surface area (Å²) < 4.78 is 5.20. The molecule has 0 spiro atoms. The van der Waals surface area contributed by atoms with Crippen molar-refractivity contribution in [2.75, 3.05) is 6.61 Å². The lowest BCUT2D eigenvalue weighted by Gasteiger charge is -2.12. The van der Waals surface area contributed by atoms with Crippen molar-refractivity contribution in [3.8, 4) is 0 Å². The minimum atomic E-state index is -0.941. The largest absolute Gasteiger partial charge is 0.480 e. The normalized spacial score (nSPS) is 12.7. The summed E-state index contributed by atoms with van der Waals surface area (Å²) in [4.78, 5) is 11.6. The van der Waals surface area contributed by atoms with Gasteiger partial charge in [-0.1, -0.05) is 26.0 Å². The first-order chi connectivity index (χ1) is 7.99. The Morgan fingerprint density at radius 1 is 1.29 bits per heavy atom. The van der Waals surface area contributed by atoms with Gasteiger partial charge in [-0.25, -0.2) is 4.79 Å². The van der Waals surface area contributed by atoms with E-state index in [0.29, 0.717) is 5.25 Å². The topological polar surface area (TPSA) is 46.5 Å². The van der Waals surface area contributed by atoms with Crippen LogP contribution >= 0.6 is 11.8 Å². The fourth-order valence-corrected chi connectivity index (χ4v) is 2.22. The molecule has 1 aromatic rings. The first-order valence-electron chi connectivity index (χ1n) is 5.59. The smallest absolute Gasteiger partial charge is 0.329 e. The zero-order chi connectivity index (χ0) is 12.8. The molecule has 94 valence electrons. The number of benzene rings is 1. The third kappa shape index (κ3) is 5.24. The molecular formula is C13H18O3S. The van der Waals surface area contributed by atoms with E-state index in [1.54, 1.807) is 11.8 Å². The molecule has 0 saturated carbocycles. The van der Waals surface area contributed by atoms with Crippen molar-refractivity contribution >= 4 is 17.7 Å². The Labute approximate surface area is 106 Å². The highest BCUT2D eigenvalue weighted by Crippen LogP contribution is 2.25. The number of hydrogen-bond acceptors (Lipinski definition) is 3. The standard InChI is InChI=1S/C13H18O3S/c1-9(2)17-12-6-4-11(5-7-12)10(3)16-8-13(14)15/h4-7,9-10H,8H2,1-3H3,(H,14,15). The lowest BCUT2D eigenvalue weighted by atomic mass is 10.1. The van der Waals surface area contributed by atoms with Gasteiger partial charge in [-0.05, 0) is 24.6 Å². The number of carboxylic acid groups (broad SMARTS) is 1. The molecule has 0 saturated heterocycles. The first kappa shape index (κ1) is 14.1. The summed E-state index contributed by atoms with van der Waals surface area (Å²) in [6, 6.07) is 8.05. The van der Waals surface area contributed by atoms with Gasteiger partial charge in [0.25, 0.3) is 0 Å². The van der Waals surface area contributed by atoms with E-state index in [0.717, 1.165) is 5.56 Å². The lowest BCUT2D eigenvalue weighted by molar-refractivity contribution is -0.144. The van der Waals surface area contributed by atoms with E-state index < -0.39 is 5.97 Å². The van der Waals surface area contributed by atoms with Crippen molar-refractivity contribution in [3.05, 3.63) is 29.8 Å². The molecule has 1 rings (SSSR count). The zero-order valence-corrected chi connectivity index (χ0v) is 11.2. The van der Waals surface area contributed by atoms with E-state index in [1.165, 1.54) is 4.90 Å². The number of rotatable bonds is 6. The molecule has 0 aliphatic carbocycles. The number of hydrogen-bond donors (Lipinski definition) is 1. The van der Waals surface area contributed by atoms with Crippen LogP contribution in [0.2, 0.25) is 0 Å². The van der Waals surface area contributed by atoms with Crippen molar-refractivity contribution < 1.29 is 14.6 Å². The van der Waals surface area contributed by atoms with Crippen molar-refractivity contribution in [2.45, 2.75) is 37.0 Å². The van der Waals surface area contributed by atoms with Crippen LogP contribution in [-0.4, -0.2) is 22.9 Å². The number of carbonyl (C=O) groups is 1. The molecule has 0 heterocycles. The quantitative estimate of drug-likeness (QED) is 0.791. The second-order valence-electron chi connectivity index (χ2n) is 4.08. The van der Waals surface area contributed by atoms with E-state index in [9.17, 15) is 4.79 Å². The van der Waals surface area contributed by atoms with Crippen molar-refractivity contribution in [3.63, 3.8) is 0 Å². The lowest BCUT2D eigenvalue weighted by Crippen LogP contribution is -2.09. The Hall–Kier alpha value is -1.00. The van der Waals surface area contributed by atoms with Gasteiger partial charge in [0.1, 0.15) is 6.61 Å². The van der Waals surface area contributed by atoms with Crippen LogP contribution in [0.3, 0.4) is 0 Å². The molecule has 0 radical (unpaired) electrons. The Morgan fingerprint density at radius 2 is 1.88 bits per heavy atom. The molecule has 1 unspecified atom stereocenters. The first-order valence-corrected chi connectivity index (χ1v) is 6.47. The molecule has 3 nitrogen and oxygen atoms in total. The van der Waals surface area contributed by atoms with Gasteiger partial charge in [0.15, 0.2) is 0 Å². The maximum atomic E-state index is 10.4. The molecule has 0 aliphatic rings. The van der Waals surface area contributed by atoms with Gasteiger partial charge in [-0.3, -0.25) is 0 Å². The van der Waals surface area contributed by atoms with Gasteiger partial charge in [-0.15, -0.1) is 11.8 Å². The minimum absolute atomic E-state index is 0.191. The minimum Gasteiger partial charge on any atom is -0.480 e. The number of ether oxygens (including phenoxy) is 1. The molecule has 0 amide bonds. The Bertz CT molecular complexity index is 359. The number of thioether (sulfide) groups is 1. The highest BCUT2D eigenvalue weighted by molar-refractivity contribution is 7.99. The fraction of sp³-hybridized carbons (Fsp3) is 0.462. The Balaban J connectivity index is 2.57. The molecule has 1 N–H and O–H groups in total. The summed E-state index contributed by atoms with van der Waals surface area (Å²) in [7, 11) is 0. The molecule has 0 fully saturated rings. The monoisotopic (exact) mass is 254 g/mol. The van der Waals surface area contributed by atoms with Gasteiger partial charge in [0, 0.05) is 10.1 Å². The van der Waals surface area contributed by atoms with Crippen molar-refractivity contribution in [1.29, 1.82) is 0 Å². The second-order valence-corrected chi connectivity index (χ2v) is 5.73. The predicted octanol–water partition coefficient (Wildman–Crippen LogP) is 3.35. The summed E-state index contributed by atoms with van der Waals surface area (Å²) >= 11 is 1.80. The van der Waals surface area contributed by atoms with Crippen LogP contribution in [0.1, 0.15) is 32.4 Å². The van der Waals surface area contributed by atoms with E-state index >= 15 is 0 Å². The maximum absolute atomic E-state index is 10.4. The van der Waals surface area contributed by atoms with Gasteiger partial charge in [0.2, 0.25) is 0 Å². The average Bonchev–Trinajstić information content (AvgIpc) is 2.26. The third-order valence-corrected chi connectivity index (χ3v) is 3.19. The van der Waals surface area contributed by atoms with E-state index in [-0.39, 0.29) is 12.7 Å². The molecule has 0 aliphatic heterocycles. The Morgan fingerprint density at radius 3 is 2.35 bits per heavy atom. The summed E-state index contributed by atoms with van der Waals surface area (Å²) in [6.07, 6.45) is -0.191. The zero-order valence-electron chi connectivity index (χ0n) is 10.3. The SMILES string of the molecule is CC(C)Sc1ccc(C(C)OCC(=O)O)cc1. The molecule has 17 heavy (non-hydrogen) atoms. The molecular weight excluding hydrogens is 236 g/mol. The predicted molar refractivity (Wildman–Crippen MR) is 69.4 cm³/mol.